The summed E-state index contributed by atoms with van der Waals surface area (Å²) in [6.07, 6.45) is 1.25. The minimum Gasteiger partial charge on any atom is -0.458 e. The Morgan fingerprint density at radius 3 is 2.81 bits per heavy atom. The van der Waals surface area contributed by atoms with Gasteiger partial charge < -0.3 is 4.74 Å². The summed E-state index contributed by atoms with van der Waals surface area (Å²) in [7, 11) is -3.53. The molecule has 0 aliphatic rings. The van der Waals surface area contributed by atoms with E-state index in [1.807, 2.05) is 6.92 Å². The van der Waals surface area contributed by atoms with Crippen LogP contribution in [0.4, 0.5) is 0 Å². The quantitative estimate of drug-likeness (QED) is 0.688. The molecule has 2 rings (SSSR count). The van der Waals surface area contributed by atoms with E-state index in [-0.39, 0.29) is 17.9 Å². The number of ether oxygens (including phenoxy) is 1. The molecule has 2 aromatic heterocycles. The molecule has 0 saturated heterocycles. The van der Waals surface area contributed by atoms with Gasteiger partial charge in [0, 0.05) is 11.8 Å². The van der Waals surface area contributed by atoms with Crippen LogP contribution in [-0.2, 0) is 26.2 Å². The lowest BCUT2D eigenvalue weighted by atomic mass is 10.3. The van der Waals surface area contributed by atoms with E-state index < -0.39 is 22.0 Å². The van der Waals surface area contributed by atoms with Gasteiger partial charge >= 0.3 is 5.97 Å². The molecule has 0 aromatic carbocycles. The first-order valence-corrected chi connectivity index (χ1v) is 10.0. The van der Waals surface area contributed by atoms with Crippen molar-refractivity contribution in [3.05, 3.63) is 46.0 Å². The largest absolute Gasteiger partial charge is 0.458 e. The number of nitrogens with one attached hydrogen (secondary N) is 1. The molecule has 0 radical (unpaired) electrons. The number of sulfonamides is 1. The Labute approximate surface area is 152 Å². The maximum atomic E-state index is 12.2. The van der Waals surface area contributed by atoms with Gasteiger partial charge in [0.1, 0.15) is 18.3 Å². The van der Waals surface area contributed by atoms with Gasteiger partial charge in [0.15, 0.2) is 0 Å². The van der Waals surface area contributed by atoms with E-state index in [1.165, 1.54) is 17.4 Å². The van der Waals surface area contributed by atoms with Crippen molar-refractivity contribution in [2.45, 2.75) is 46.3 Å². The number of aromatic nitrogens is 2. The summed E-state index contributed by atoms with van der Waals surface area (Å²) < 4.78 is 32.5. The maximum Gasteiger partial charge on any atom is 0.324 e. The topological polar surface area (TPSA) is 107 Å². The van der Waals surface area contributed by atoms with Gasteiger partial charge in [-0.1, -0.05) is 19.4 Å². The van der Waals surface area contributed by atoms with E-state index in [9.17, 15) is 18.0 Å². The van der Waals surface area contributed by atoms with Crippen molar-refractivity contribution in [2.75, 3.05) is 5.75 Å². The molecule has 2 aromatic rings. The smallest absolute Gasteiger partial charge is 0.324 e. The molecule has 8 nitrogen and oxygen atoms in total. The zero-order valence-corrected chi connectivity index (χ0v) is 15.9. The molecule has 0 spiro atoms. The summed E-state index contributed by atoms with van der Waals surface area (Å²) in [5, 5.41) is 0. The minimum absolute atomic E-state index is 0.0382. The number of unbranched alkanes of at least 4 members (excludes halogenated alkanes) is 1. The standard InChI is InChI=1S/C17H23N3O5S/c1-4-5-9-26(23,24)19-13(3)17(22)25-11-14-10-16(21)20-12(2)7-6-8-15(20)18-14/h6-8,10,13,19H,4-5,9,11H2,1-3H3/t13-/m0/s1. The number of esters is 1. The number of carbonyl (C=O) groups is 1. The van der Waals surface area contributed by atoms with Gasteiger partial charge in [-0.2, -0.15) is 0 Å². The first kappa shape index (κ1) is 20.1. The van der Waals surface area contributed by atoms with Crippen molar-refractivity contribution in [3.8, 4) is 0 Å². The van der Waals surface area contributed by atoms with Crippen LogP contribution in [0, 0.1) is 6.92 Å². The highest BCUT2D eigenvalue weighted by Crippen LogP contribution is 2.05. The molecule has 9 heteroatoms. The van der Waals surface area contributed by atoms with Gasteiger partial charge in [0.05, 0.1) is 11.4 Å². The molecule has 0 fully saturated rings. The van der Waals surface area contributed by atoms with Crippen LogP contribution in [-0.4, -0.2) is 35.6 Å². The highest BCUT2D eigenvalue weighted by Gasteiger charge is 2.21. The van der Waals surface area contributed by atoms with E-state index in [0.29, 0.717) is 17.8 Å². The third kappa shape index (κ3) is 5.12. The number of pyridine rings is 1. The molecule has 0 saturated carbocycles. The zero-order chi connectivity index (χ0) is 19.3. The van der Waals surface area contributed by atoms with Crippen LogP contribution in [0.15, 0.2) is 29.1 Å². The molecule has 142 valence electrons. The van der Waals surface area contributed by atoms with Crippen LogP contribution >= 0.6 is 0 Å². The van der Waals surface area contributed by atoms with Gasteiger partial charge in [-0.05, 0) is 32.4 Å². The van der Waals surface area contributed by atoms with E-state index in [0.717, 1.165) is 12.1 Å². The number of hydrogen-bond donors (Lipinski definition) is 1. The van der Waals surface area contributed by atoms with E-state index in [2.05, 4.69) is 9.71 Å². The number of aryl methyl sites for hydroxylation is 1. The average molecular weight is 381 g/mol. The Morgan fingerprint density at radius 2 is 2.12 bits per heavy atom. The molecule has 2 heterocycles. The number of rotatable bonds is 8. The van der Waals surface area contributed by atoms with E-state index in [1.54, 1.807) is 25.1 Å². The molecule has 26 heavy (non-hydrogen) atoms. The highest BCUT2D eigenvalue weighted by molar-refractivity contribution is 7.89. The van der Waals surface area contributed by atoms with Crippen molar-refractivity contribution in [1.82, 2.24) is 14.1 Å². The highest BCUT2D eigenvalue weighted by atomic mass is 32.2. The summed E-state index contributed by atoms with van der Waals surface area (Å²) in [5.74, 6) is -0.764. The molecule has 0 bridgehead atoms. The van der Waals surface area contributed by atoms with Crippen LogP contribution in [0.25, 0.3) is 5.65 Å². The van der Waals surface area contributed by atoms with Crippen molar-refractivity contribution >= 4 is 21.6 Å². The summed E-state index contributed by atoms with van der Waals surface area (Å²) in [4.78, 5) is 28.5. The Bertz CT molecular complexity index is 953. The lowest BCUT2D eigenvalue weighted by molar-refractivity contribution is -0.146. The Balaban J connectivity index is 2.03. The predicted molar refractivity (Wildman–Crippen MR) is 97.3 cm³/mol. The van der Waals surface area contributed by atoms with E-state index >= 15 is 0 Å². The Hall–Kier alpha value is -2.26. The monoisotopic (exact) mass is 381 g/mol. The lowest BCUT2D eigenvalue weighted by Crippen LogP contribution is -2.40. The van der Waals surface area contributed by atoms with Crippen LogP contribution < -0.4 is 10.3 Å². The van der Waals surface area contributed by atoms with Crippen LogP contribution in [0.1, 0.15) is 38.1 Å². The number of hydrogen-bond acceptors (Lipinski definition) is 6. The molecule has 0 amide bonds. The lowest BCUT2D eigenvalue weighted by Gasteiger charge is -2.13. The summed E-state index contributed by atoms with van der Waals surface area (Å²) in [6.45, 7) is 4.88. The second-order valence-corrected chi connectivity index (χ2v) is 7.94. The fraction of sp³-hybridized carbons (Fsp3) is 0.471. The van der Waals surface area contributed by atoms with Crippen molar-refractivity contribution in [3.63, 3.8) is 0 Å². The fourth-order valence-corrected chi connectivity index (χ4v) is 3.84. The number of fused-ring (bicyclic) bond motifs is 1. The average Bonchev–Trinajstić information content (AvgIpc) is 2.57. The summed E-state index contributed by atoms with van der Waals surface area (Å²) >= 11 is 0. The van der Waals surface area contributed by atoms with Crippen molar-refractivity contribution in [1.29, 1.82) is 0 Å². The third-order valence-electron chi connectivity index (χ3n) is 3.77. The molecule has 0 unspecified atom stereocenters. The van der Waals surface area contributed by atoms with Crippen molar-refractivity contribution in [2.24, 2.45) is 0 Å². The zero-order valence-electron chi connectivity index (χ0n) is 15.1. The molecule has 1 N–H and O–H groups in total. The summed E-state index contributed by atoms with van der Waals surface area (Å²) in [6, 6.07) is 5.54. The number of carbonyl (C=O) groups excluding carboxylic acids is 1. The fourth-order valence-electron chi connectivity index (χ4n) is 2.42. The Kier molecular flexibility index (Phi) is 6.49. The van der Waals surface area contributed by atoms with Gasteiger partial charge in [0.25, 0.3) is 5.56 Å². The predicted octanol–water partition coefficient (Wildman–Crippen LogP) is 1.15. The first-order chi connectivity index (χ1) is 12.2. The number of nitrogens with zero attached hydrogens (tertiary/aromatic N) is 2. The molecular formula is C17H23N3O5S. The van der Waals surface area contributed by atoms with Crippen LogP contribution in [0.3, 0.4) is 0 Å². The normalized spacial score (nSPS) is 12.9. The van der Waals surface area contributed by atoms with Crippen LogP contribution in [0.2, 0.25) is 0 Å². The van der Waals surface area contributed by atoms with Crippen molar-refractivity contribution < 1.29 is 17.9 Å². The first-order valence-electron chi connectivity index (χ1n) is 8.38. The molecule has 1 atom stereocenters. The van der Waals surface area contributed by atoms with Gasteiger partial charge in [-0.25, -0.2) is 18.1 Å². The third-order valence-corrected chi connectivity index (χ3v) is 5.31. The van der Waals surface area contributed by atoms with Gasteiger partial charge in [0.2, 0.25) is 10.0 Å². The molecule has 0 aliphatic heterocycles. The van der Waals surface area contributed by atoms with Gasteiger partial charge in [-0.3, -0.25) is 14.0 Å². The Morgan fingerprint density at radius 1 is 1.38 bits per heavy atom. The second-order valence-electron chi connectivity index (χ2n) is 6.07. The maximum absolute atomic E-state index is 12.2. The second kappa shape index (κ2) is 8.41. The summed E-state index contributed by atoms with van der Waals surface area (Å²) in [5.41, 5.74) is 1.23. The van der Waals surface area contributed by atoms with Crippen LogP contribution in [0.5, 0.6) is 0 Å². The SMILES string of the molecule is CCCCS(=O)(=O)N[C@@H](C)C(=O)OCc1cc(=O)n2c(C)cccc2n1. The minimum atomic E-state index is -3.53. The van der Waals surface area contributed by atoms with Gasteiger partial charge in [-0.15, -0.1) is 0 Å². The van der Waals surface area contributed by atoms with E-state index in [4.69, 9.17) is 4.74 Å². The molecule has 0 aliphatic carbocycles. The molecular weight excluding hydrogens is 358 g/mol.